The van der Waals surface area contributed by atoms with E-state index in [1.54, 1.807) is 0 Å². The van der Waals surface area contributed by atoms with Crippen LogP contribution in [0.1, 0.15) is 15.9 Å². The molecule has 8 nitrogen and oxygen atoms in total. The van der Waals surface area contributed by atoms with Gasteiger partial charge in [-0.3, -0.25) is 14.9 Å². The molecule has 8 heteroatoms. The van der Waals surface area contributed by atoms with Crippen molar-refractivity contribution in [3.63, 3.8) is 0 Å². The maximum absolute atomic E-state index is 11.7. The zero-order chi connectivity index (χ0) is 17.5. The molecular weight excluding hydrogens is 316 g/mol. The van der Waals surface area contributed by atoms with E-state index >= 15 is 0 Å². The summed E-state index contributed by atoms with van der Waals surface area (Å²) in [7, 11) is 0. The Morgan fingerprint density at radius 1 is 1.17 bits per heavy atom. The van der Waals surface area contributed by atoms with Gasteiger partial charge in [0, 0.05) is 12.6 Å². The number of nitro groups is 1. The highest BCUT2D eigenvalue weighted by atomic mass is 16.6. The third kappa shape index (κ3) is 4.54. The molecule has 2 rings (SSSR count). The van der Waals surface area contributed by atoms with Crippen molar-refractivity contribution < 1.29 is 24.4 Å². The van der Waals surface area contributed by atoms with Crippen molar-refractivity contribution in [1.29, 1.82) is 0 Å². The van der Waals surface area contributed by atoms with Gasteiger partial charge in [0.1, 0.15) is 0 Å². The second-order valence-electron chi connectivity index (χ2n) is 4.80. The van der Waals surface area contributed by atoms with Crippen LogP contribution in [-0.4, -0.2) is 28.5 Å². The van der Waals surface area contributed by atoms with Crippen LogP contribution < -0.4 is 10.1 Å². The quantitative estimate of drug-likeness (QED) is 0.592. The predicted molar refractivity (Wildman–Crippen MR) is 83.8 cm³/mol. The van der Waals surface area contributed by atoms with E-state index in [0.717, 1.165) is 17.7 Å². The van der Waals surface area contributed by atoms with Crippen molar-refractivity contribution in [2.45, 2.75) is 6.54 Å². The van der Waals surface area contributed by atoms with E-state index in [1.165, 1.54) is 6.07 Å². The molecular formula is C16H14N2O6. The number of ether oxygens (including phenoxy) is 1. The number of carbonyl (C=O) groups is 2. The first-order chi connectivity index (χ1) is 11.5. The number of nitrogens with zero attached hydrogens (tertiary/aromatic N) is 1. The molecule has 0 aliphatic carbocycles. The first-order valence-corrected chi connectivity index (χ1v) is 6.92. The summed E-state index contributed by atoms with van der Waals surface area (Å²) in [5, 5.41) is 22.5. The van der Waals surface area contributed by atoms with Crippen LogP contribution in [0.2, 0.25) is 0 Å². The van der Waals surface area contributed by atoms with Crippen molar-refractivity contribution in [2.24, 2.45) is 0 Å². The van der Waals surface area contributed by atoms with Crippen LogP contribution in [0.15, 0.2) is 48.5 Å². The molecule has 0 aromatic heterocycles. The highest BCUT2D eigenvalue weighted by Crippen LogP contribution is 2.27. The zero-order valence-electron chi connectivity index (χ0n) is 12.5. The molecule has 0 aliphatic rings. The average Bonchev–Trinajstić information content (AvgIpc) is 2.58. The summed E-state index contributed by atoms with van der Waals surface area (Å²) in [5.41, 5.74) is 0.163. The van der Waals surface area contributed by atoms with Crippen LogP contribution in [0.5, 0.6) is 5.75 Å². The molecule has 2 N–H and O–H groups in total. The van der Waals surface area contributed by atoms with Gasteiger partial charge in [0.15, 0.2) is 12.4 Å². The lowest BCUT2D eigenvalue weighted by Crippen LogP contribution is -2.28. The second kappa shape index (κ2) is 7.73. The van der Waals surface area contributed by atoms with Crippen molar-refractivity contribution in [3.05, 3.63) is 69.8 Å². The van der Waals surface area contributed by atoms with Gasteiger partial charge in [-0.05, 0) is 17.7 Å². The Morgan fingerprint density at radius 3 is 2.50 bits per heavy atom. The van der Waals surface area contributed by atoms with Crippen molar-refractivity contribution >= 4 is 17.6 Å². The number of benzene rings is 2. The first kappa shape index (κ1) is 16.9. The summed E-state index contributed by atoms with van der Waals surface area (Å²) in [5.74, 6) is -1.90. The molecule has 0 saturated heterocycles. The van der Waals surface area contributed by atoms with E-state index in [1.807, 2.05) is 30.3 Å². The normalized spacial score (nSPS) is 10.0. The Kier molecular flexibility index (Phi) is 5.45. The monoisotopic (exact) mass is 330 g/mol. The SMILES string of the molecule is O=C(COc1ccc(C(=O)O)cc1[N+](=O)[O-])NCc1ccccc1. The number of carboxylic acid groups (broad SMARTS) is 1. The standard InChI is InChI=1S/C16H14N2O6/c19-15(17-9-11-4-2-1-3-5-11)10-24-14-7-6-12(16(20)21)8-13(14)18(22)23/h1-8H,9-10H2,(H,17,19)(H,20,21). The minimum absolute atomic E-state index is 0.167. The van der Waals surface area contributed by atoms with Gasteiger partial charge >= 0.3 is 11.7 Å². The van der Waals surface area contributed by atoms with E-state index in [-0.39, 0.29) is 11.3 Å². The van der Waals surface area contributed by atoms with Gasteiger partial charge in [0.2, 0.25) is 0 Å². The van der Waals surface area contributed by atoms with Crippen molar-refractivity contribution in [3.8, 4) is 5.75 Å². The summed E-state index contributed by atoms with van der Waals surface area (Å²) >= 11 is 0. The summed E-state index contributed by atoms with van der Waals surface area (Å²) in [6.07, 6.45) is 0. The number of rotatable bonds is 7. The van der Waals surface area contributed by atoms with Gasteiger partial charge in [-0.1, -0.05) is 30.3 Å². The maximum Gasteiger partial charge on any atom is 0.335 e. The number of hydrogen-bond acceptors (Lipinski definition) is 5. The smallest absolute Gasteiger partial charge is 0.335 e. The second-order valence-corrected chi connectivity index (χ2v) is 4.80. The van der Waals surface area contributed by atoms with Gasteiger partial charge < -0.3 is 15.2 Å². The third-order valence-electron chi connectivity index (χ3n) is 3.09. The van der Waals surface area contributed by atoms with Crippen molar-refractivity contribution in [2.75, 3.05) is 6.61 Å². The molecule has 1 amide bonds. The molecule has 0 radical (unpaired) electrons. The molecule has 0 atom stereocenters. The summed E-state index contributed by atoms with van der Waals surface area (Å²) in [4.78, 5) is 32.8. The van der Waals surface area contributed by atoms with E-state index in [4.69, 9.17) is 9.84 Å². The minimum Gasteiger partial charge on any atom is -0.478 e. The number of carbonyl (C=O) groups excluding carboxylic acids is 1. The van der Waals surface area contributed by atoms with Gasteiger partial charge in [0.05, 0.1) is 10.5 Å². The van der Waals surface area contributed by atoms with Gasteiger partial charge in [-0.2, -0.15) is 0 Å². The Morgan fingerprint density at radius 2 is 1.88 bits per heavy atom. The Labute approximate surface area is 136 Å². The molecule has 2 aromatic carbocycles. The van der Waals surface area contributed by atoms with Gasteiger partial charge in [-0.15, -0.1) is 0 Å². The van der Waals surface area contributed by atoms with Crippen LogP contribution in [0, 0.1) is 10.1 Å². The lowest BCUT2D eigenvalue weighted by molar-refractivity contribution is -0.385. The summed E-state index contributed by atoms with van der Waals surface area (Å²) in [6.45, 7) is -0.108. The Balaban J connectivity index is 1.97. The minimum atomic E-state index is -1.29. The molecule has 0 saturated carbocycles. The molecule has 0 aliphatic heterocycles. The predicted octanol–water partition coefficient (Wildman–Crippen LogP) is 1.99. The third-order valence-corrected chi connectivity index (χ3v) is 3.09. The Hall–Kier alpha value is -3.42. The topological polar surface area (TPSA) is 119 Å². The summed E-state index contributed by atoms with van der Waals surface area (Å²) in [6, 6.07) is 12.4. The highest BCUT2D eigenvalue weighted by Gasteiger charge is 2.19. The fourth-order valence-corrected chi connectivity index (χ4v) is 1.91. The van der Waals surface area contributed by atoms with Crippen LogP contribution in [0.25, 0.3) is 0 Å². The molecule has 0 fully saturated rings. The lowest BCUT2D eigenvalue weighted by Gasteiger charge is -2.08. The highest BCUT2D eigenvalue weighted by molar-refractivity contribution is 5.89. The number of nitrogens with one attached hydrogen (secondary N) is 1. The number of amides is 1. The average molecular weight is 330 g/mol. The van der Waals surface area contributed by atoms with Gasteiger partial charge in [-0.25, -0.2) is 4.79 Å². The van der Waals surface area contributed by atoms with Crippen LogP contribution in [0.4, 0.5) is 5.69 Å². The first-order valence-electron chi connectivity index (χ1n) is 6.92. The number of nitro benzene ring substituents is 1. The lowest BCUT2D eigenvalue weighted by atomic mass is 10.2. The molecule has 0 bridgehead atoms. The number of carboxylic acids is 1. The molecule has 24 heavy (non-hydrogen) atoms. The Bertz CT molecular complexity index is 760. The van der Waals surface area contributed by atoms with E-state index in [0.29, 0.717) is 6.54 Å². The van der Waals surface area contributed by atoms with Gasteiger partial charge in [0.25, 0.3) is 5.91 Å². The van der Waals surface area contributed by atoms with Crippen LogP contribution in [0.3, 0.4) is 0 Å². The molecule has 124 valence electrons. The molecule has 2 aromatic rings. The molecule has 0 spiro atoms. The van der Waals surface area contributed by atoms with E-state index < -0.39 is 29.1 Å². The van der Waals surface area contributed by atoms with Crippen LogP contribution in [-0.2, 0) is 11.3 Å². The van der Waals surface area contributed by atoms with E-state index in [2.05, 4.69) is 5.32 Å². The fourth-order valence-electron chi connectivity index (χ4n) is 1.91. The fraction of sp³-hybridized carbons (Fsp3) is 0.125. The largest absolute Gasteiger partial charge is 0.478 e. The molecule has 0 heterocycles. The maximum atomic E-state index is 11.7. The summed E-state index contributed by atoms with van der Waals surface area (Å²) < 4.78 is 5.14. The zero-order valence-corrected chi connectivity index (χ0v) is 12.5. The van der Waals surface area contributed by atoms with E-state index in [9.17, 15) is 19.7 Å². The number of aromatic carboxylic acids is 1. The van der Waals surface area contributed by atoms with Crippen molar-refractivity contribution in [1.82, 2.24) is 5.32 Å². The molecule has 0 unspecified atom stereocenters. The number of hydrogen-bond donors (Lipinski definition) is 2. The van der Waals surface area contributed by atoms with Crippen LogP contribution >= 0.6 is 0 Å².